The third-order valence-electron chi connectivity index (χ3n) is 2.44. The SMILES string of the molecule is Cc1cc(F)cc(-c2cc(C(=O)O)n(C)n2)c1. The number of rotatable bonds is 2. The third-order valence-corrected chi connectivity index (χ3v) is 2.44. The Morgan fingerprint density at radius 2 is 2.06 bits per heavy atom. The van der Waals surface area contributed by atoms with E-state index in [1.54, 1.807) is 20.0 Å². The highest BCUT2D eigenvalue weighted by Crippen LogP contribution is 2.21. The first kappa shape index (κ1) is 11.3. The number of benzene rings is 1. The molecule has 1 aromatic heterocycles. The summed E-state index contributed by atoms with van der Waals surface area (Å²) in [7, 11) is 1.54. The number of aromatic carboxylic acids is 1. The molecule has 5 heteroatoms. The molecule has 0 aliphatic heterocycles. The lowest BCUT2D eigenvalue weighted by molar-refractivity contribution is 0.0685. The van der Waals surface area contributed by atoms with Crippen molar-refractivity contribution < 1.29 is 14.3 Å². The molecule has 0 unspecified atom stereocenters. The summed E-state index contributed by atoms with van der Waals surface area (Å²) in [6, 6.07) is 5.93. The van der Waals surface area contributed by atoms with Gasteiger partial charge in [0, 0.05) is 12.6 Å². The van der Waals surface area contributed by atoms with Crippen molar-refractivity contribution in [3.05, 3.63) is 41.3 Å². The molecule has 1 N–H and O–H groups in total. The topological polar surface area (TPSA) is 55.1 Å². The Balaban J connectivity index is 2.53. The molecule has 0 spiro atoms. The van der Waals surface area contributed by atoms with Crippen LogP contribution in [0.1, 0.15) is 16.1 Å². The molecule has 1 aromatic carbocycles. The van der Waals surface area contributed by atoms with Crippen molar-refractivity contribution in [3.63, 3.8) is 0 Å². The number of aromatic nitrogens is 2. The van der Waals surface area contributed by atoms with Crippen LogP contribution >= 0.6 is 0 Å². The zero-order valence-electron chi connectivity index (χ0n) is 9.44. The smallest absolute Gasteiger partial charge is 0.354 e. The molecule has 2 aromatic rings. The number of halogens is 1. The Bertz CT molecular complexity index is 570. The zero-order valence-corrected chi connectivity index (χ0v) is 9.44. The highest BCUT2D eigenvalue weighted by atomic mass is 19.1. The molecule has 0 amide bonds. The van der Waals surface area contributed by atoms with Gasteiger partial charge in [-0.05, 0) is 36.8 Å². The summed E-state index contributed by atoms with van der Waals surface area (Å²) in [5.74, 6) is -1.41. The van der Waals surface area contributed by atoms with Crippen molar-refractivity contribution in [2.45, 2.75) is 6.92 Å². The Hall–Kier alpha value is -2.17. The fraction of sp³-hybridized carbons (Fsp3) is 0.167. The number of aryl methyl sites for hydroxylation is 2. The highest BCUT2D eigenvalue weighted by molar-refractivity contribution is 5.87. The molecule has 0 atom stereocenters. The molecule has 0 saturated carbocycles. The molecule has 0 saturated heterocycles. The highest BCUT2D eigenvalue weighted by Gasteiger charge is 2.13. The van der Waals surface area contributed by atoms with Crippen molar-refractivity contribution in [2.75, 3.05) is 0 Å². The second-order valence-electron chi connectivity index (χ2n) is 3.86. The van der Waals surface area contributed by atoms with E-state index in [2.05, 4.69) is 5.10 Å². The van der Waals surface area contributed by atoms with E-state index in [0.29, 0.717) is 11.3 Å². The van der Waals surface area contributed by atoms with Gasteiger partial charge in [-0.25, -0.2) is 9.18 Å². The summed E-state index contributed by atoms with van der Waals surface area (Å²) in [4.78, 5) is 10.9. The van der Waals surface area contributed by atoms with E-state index in [-0.39, 0.29) is 11.5 Å². The number of nitrogens with zero attached hydrogens (tertiary/aromatic N) is 2. The molecular weight excluding hydrogens is 223 g/mol. The minimum atomic E-state index is -1.06. The van der Waals surface area contributed by atoms with E-state index < -0.39 is 5.97 Å². The molecule has 88 valence electrons. The zero-order chi connectivity index (χ0) is 12.6. The molecule has 0 bridgehead atoms. The van der Waals surface area contributed by atoms with Crippen LogP contribution in [0.25, 0.3) is 11.3 Å². The van der Waals surface area contributed by atoms with Crippen LogP contribution < -0.4 is 0 Å². The van der Waals surface area contributed by atoms with E-state index in [9.17, 15) is 9.18 Å². The number of carbonyl (C=O) groups is 1. The Morgan fingerprint density at radius 3 is 2.59 bits per heavy atom. The van der Waals surface area contributed by atoms with Crippen LogP contribution in [0.2, 0.25) is 0 Å². The van der Waals surface area contributed by atoms with Gasteiger partial charge in [-0.15, -0.1) is 0 Å². The van der Waals surface area contributed by atoms with E-state index >= 15 is 0 Å². The van der Waals surface area contributed by atoms with E-state index in [1.165, 1.54) is 22.9 Å². The molecule has 17 heavy (non-hydrogen) atoms. The average molecular weight is 234 g/mol. The van der Waals surface area contributed by atoms with Crippen LogP contribution in [0.5, 0.6) is 0 Å². The van der Waals surface area contributed by atoms with Crippen LogP contribution in [0.3, 0.4) is 0 Å². The summed E-state index contributed by atoms with van der Waals surface area (Å²) in [6.45, 7) is 1.77. The van der Waals surface area contributed by atoms with Gasteiger partial charge in [-0.1, -0.05) is 0 Å². The van der Waals surface area contributed by atoms with Gasteiger partial charge in [0.1, 0.15) is 11.5 Å². The molecule has 0 aliphatic carbocycles. The second kappa shape index (κ2) is 4.01. The molecular formula is C12H11FN2O2. The van der Waals surface area contributed by atoms with Crippen molar-refractivity contribution >= 4 is 5.97 Å². The summed E-state index contributed by atoms with van der Waals surface area (Å²) in [5.41, 5.74) is 1.86. The predicted molar refractivity (Wildman–Crippen MR) is 60.3 cm³/mol. The number of carboxylic acid groups (broad SMARTS) is 1. The minimum Gasteiger partial charge on any atom is -0.477 e. The lowest BCUT2D eigenvalue weighted by atomic mass is 10.1. The second-order valence-corrected chi connectivity index (χ2v) is 3.86. The first-order valence-electron chi connectivity index (χ1n) is 5.02. The van der Waals surface area contributed by atoms with E-state index in [4.69, 9.17) is 5.11 Å². The summed E-state index contributed by atoms with van der Waals surface area (Å²) >= 11 is 0. The summed E-state index contributed by atoms with van der Waals surface area (Å²) < 4.78 is 14.5. The van der Waals surface area contributed by atoms with Crippen molar-refractivity contribution in [3.8, 4) is 11.3 Å². The summed E-state index contributed by atoms with van der Waals surface area (Å²) in [5, 5.41) is 13.0. The van der Waals surface area contributed by atoms with E-state index in [1.807, 2.05) is 0 Å². The predicted octanol–water partition coefficient (Wildman–Crippen LogP) is 2.23. The quantitative estimate of drug-likeness (QED) is 0.866. The fourth-order valence-electron chi connectivity index (χ4n) is 1.69. The van der Waals surface area contributed by atoms with Crippen molar-refractivity contribution in [1.82, 2.24) is 9.78 Å². The Morgan fingerprint density at radius 1 is 1.35 bits per heavy atom. The maximum absolute atomic E-state index is 13.2. The van der Waals surface area contributed by atoms with Gasteiger partial charge in [0.15, 0.2) is 0 Å². The van der Waals surface area contributed by atoms with Crippen molar-refractivity contribution in [1.29, 1.82) is 0 Å². The van der Waals surface area contributed by atoms with Crippen LogP contribution in [0.15, 0.2) is 24.3 Å². The molecule has 0 aliphatic rings. The molecule has 4 nitrogen and oxygen atoms in total. The maximum atomic E-state index is 13.2. The van der Waals surface area contributed by atoms with Gasteiger partial charge in [0.2, 0.25) is 0 Å². The van der Waals surface area contributed by atoms with Crippen molar-refractivity contribution in [2.24, 2.45) is 7.05 Å². The summed E-state index contributed by atoms with van der Waals surface area (Å²) in [6.07, 6.45) is 0. The van der Waals surface area contributed by atoms with Gasteiger partial charge >= 0.3 is 5.97 Å². The van der Waals surface area contributed by atoms with Gasteiger partial charge in [0.05, 0.1) is 5.69 Å². The van der Waals surface area contributed by atoms with Gasteiger partial charge in [-0.3, -0.25) is 4.68 Å². The van der Waals surface area contributed by atoms with Crippen LogP contribution in [-0.4, -0.2) is 20.9 Å². The van der Waals surface area contributed by atoms with Crippen LogP contribution in [0, 0.1) is 12.7 Å². The fourth-order valence-corrected chi connectivity index (χ4v) is 1.69. The van der Waals surface area contributed by atoms with Crippen LogP contribution in [0.4, 0.5) is 4.39 Å². The Kier molecular flexibility index (Phi) is 2.67. The third kappa shape index (κ3) is 2.18. The number of carboxylic acids is 1. The van der Waals surface area contributed by atoms with Gasteiger partial charge < -0.3 is 5.11 Å². The van der Waals surface area contributed by atoms with Gasteiger partial charge in [-0.2, -0.15) is 5.10 Å². The average Bonchev–Trinajstić information content (AvgIpc) is 2.59. The van der Waals surface area contributed by atoms with E-state index in [0.717, 1.165) is 5.56 Å². The first-order chi connectivity index (χ1) is 7.97. The number of hydrogen-bond donors (Lipinski definition) is 1. The molecule has 0 radical (unpaired) electrons. The standard InChI is InChI=1S/C12H11FN2O2/c1-7-3-8(5-9(13)4-7)10-6-11(12(16)17)15(2)14-10/h3-6H,1-2H3,(H,16,17). The normalized spacial score (nSPS) is 10.5. The minimum absolute atomic E-state index is 0.0712. The Labute approximate surface area is 97.3 Å². The van der Waals surface area contributed by atoms with Crippen LogP contribution in [-0.2, 0) is 7.05 Å². The monoisotopic (exact) mass is 234 g/mol. The molecule has 1 heterocycles. The lowest BCUT2D eigenvalue weighted by Crippen LogP contribution is -2.04. The largest absolute Gasteiger partial charge is 0.477 e. The molecule has 2 rings (SSSR count). The maximum Gasteiger partial charge on any atom is 0.354 e. The van der Waals surface area contributed by atoms with Gasteiger partial charge in [0.25, 0.3) is 0 Å². The number of hydrogen-bond acceptors (Lipinski definition) is 2. The lowest BCUT2D eigenvalue weighted by Gasteiger charge is -1.99. The first-order valence-corrected chi connectivity index (χ1v) is 5.02. The molecule has 0 fully saturated rings.